The molecule has 0 bridgehead atoms. The standard InChI is InChI=1S/C20H20N2O5/c1-2-27-20(26)13-6-8-16(9-7-13)22-12-14(10-18(22)24)19(25)21-15-4-3-5-17(23)11-15/h3-9,11,14,23H,2,10,12H2,1H3,(H,21,25). The number of nitrogens with zero attached hydrogens (tertiary/aromatic N) is 1. The van der Waals surface area contributed by atoms with Gasteiger partial charge in [-0.05, 0) is 43.3 Å². The minimum Gasteiger partial charge on any atom is -0.508 e. The number of ether oxygens (including phenoxy) is 1. The molecule has 1 saturated heterocycles. The average molecular weight is 368 g/mol. The van der Waals surface area contributed by atoms with E-state index in [2.05, 4.69) is 5.32 Å². The van der Waals surface area contributed by atoms with Crippen molar-refractivity contribution in [2.45, 2.75) is 13.3 Å². The molecule has 7 heteroatoms. The van der Waals surface area contributed by atoms with Crippen molar-refractivity contribution in [1.29, 1.82) is 0 Å². The van der Waals surface area contributed by atoms with E-state index < -0.39 is 11.9 Å². The number of hydrogen-bond donors (Lipinski definition) is 2. The topological polar surface area (TPSA) is 95.9 Å². The highest BCUT2D eigenvalue weighted by Gasteiger charge is 2.35. The molecule has 2 aromatic rings. The molecule has 1 heterocycles. The fourth-order valence-corrected chi connectivity index (χ4v) is 2.95. The molecule has 1 atom stereocenters. The second-order valence-corrected chi connectivity index (χ2v) is 6.21. The number of phenols is 1. The number of carbonyl (C=O) groups is 3. The van der Waals surface area contributed by atoms with E-state index in [0.717, 1.165) is 0 Å². The van der Waals surface area contributed by atoms with Gasteiger partial charge < -0.3 is 20.1 Å². The van der Waals surface area contributed by atoms with Gasteiger partial charge in [-0.15, -0.1) is 0 Å². The van der Waals surface area contributed by atoms with Gasteiger partial charge in [-0.2, -0.15) is 0 Å². The van der Waals surface area contributed by atoms with Crippen LogP contribution >= 0.6 is 0 Å². The van der Waals surface area contributed by atoms with Gasteiger partial charge in [0.05, 0.1) is 18.1 Å². The molecule has 7 nitrogen and oxygen atoms in total. The fourth-order valence-electron chi connectivity index (χ4n) is 2.95. The third-order valence-electron chi connectivity index (χ3n) is 4.30. The zero-order valence-corrected chi connectivity index (χ0v) is 14.8. The Kier molecular flexibility index (Phi) is 5.40. The lowest BCUT2D eigenvalue weighted by molar-refractivity contribution is -0.122. The van der Waals surface area contributed by atoms with Crippen molar-refractivity contribution in [3.63, 3.8) is 0 Å². The summed E-state index contributed by atoms with van der Waals surface area (Å²) in [5, 5.41) is 12.2. The van der Waals surface area contributed by atoms with Crippen molar-refractivity contribution in [2.75, 3.05) is 23.4 Å². The van der Waals surface area contributed by atoms with Crippen LogP contribution in [-0.2, 0) is 14.3 Å². The highest BCUT2D eigenvalue weighted by Crippen LogP contribution is 2.27. The first-order valence-corrected chi connectivity index (χ1v) is 8.65. The van der Waals surface area contributed by atoms with Crippen molar-refractivity contribution in [3.8, 4) is 5.75 Å². The van der Waals surface area contributed by atoms with Gasteiger partial charge in [0.1, 0.15) is 5.75 Å². The minimum absolute atomic E-state index is 0.0543. The van der Waals surface area contributed by atoms with Gasteiger partial charge in [-0.25, -0.2) is 4.79 Å². The quantitative estimate of drug-likeness (QED) is 0.791. The van der Waals surface area contributed by atoms with E-state index in [1.54, 1.807) is 43.3 Å². The maximum Gasteiger partial charge on any atom is 0.338 e. The minimum atomic E-state index is -0.496. The zero-order chi connectivity index (χ0) is 19.4. The number of amides is 2. The van der Waals surface area contributed by atoms with Gasteiger partial charge in [0.2, 0.25) is 11.8 Å². The van der Waals surface area contributed by atoms with Crippen molar-refractivity contribution in [2.24, 2.45) is 5.92 Å². The van der Waals surface area contributed by atoms with Crippen LogP contribution in [0.5, 0.6) is 5.75 Å². The normalized spacial score (nSPS) is 16.3. The maximum atomic E-state index is 12.4. The fraction of sp³-hybridized carbons (Fsp3) is 0.250. The van der Waals surface area contributed by atoms with Crippen molar-refractivity contribution >= 4 is 29.2 Å². The number of nitrogens with one attached hydrogen (secondary N) is 1. The van der Waals surface area contributed by atoms with Crippen molar-refractivity contribution in [1.82, 2.24) is 0 Å². The summed E-state index contributed by atoms with van der Waals surface area (Å²) in [6.07, 6.45) is 0.101. The Hall–Kier alpha value is -3.35. The highest BCUT2D eigenvalue weighted by molar-refractivity contribution is 6.03. The SMILES string of the molecule is CCOC(=O)c1ccc(N2CC(C(=O)Nc3cccc(O)c3)CC2=O)cc1. The van der Waals surface area contributed by atoms with Gasteiger partial charge in [0.15, 0.2) is 0 Å². The number of carbonyl (C=O) groups excluding carboxylic acids is 3. The molecule has 27 heavy (non-hydrogen) atoms. The van der Waals surface area contributed by atoms with E-state index in [4.69, 9.17) is 4.74 Å². The average Bonchev–Trinajstić information content (AvgIpc) is 3.04. The number of anilines is 2. The Morgan fingerprint density at radius 1 is 1.22 bits per heavy atom. The molecule has 0 aliphatic carbocycles. The number of esters is 1. The van der Waals surface area contributed by atoms with Crippen LogP contribution < -0.4 is 10.2 Å². The van der Waals surface area contributed by atoms with E-state index in [1.807, 2.05) is 0 Å². The predicted octanol–water partition coefficient (Wildman–Crippen LogP) is 2.56. The van der Waals surface area contributed by atoms with E-state index in [1.165, 1.54) is 17.0 Å². The summed E-state index contributed by atoms with van der Waals surface area (Å²) in [5.41, 5.74) is 1.51. The van der Waals surface area contributed by atoms with Crippen LogP contribution in [0.2, 0.25) is 0 Å². The van der Waals surface area contributed by atoms with E-state index in [0.29, 0.717) is 23.5 Å². The number of phenolic OH excluding ortho intramolecular Hbond substituents is 1. The van der Waals surface area contributed by atoms with Gasteiger partial charge in [0, 0.05) is 30.4 Å². The van der Waals surface area contributed by atoms with Gasteiger partial charge in [-0.3, -0.25) is 9.59 Å². The number of aromatic hydroxyl groups is 1. The summed E-state index contributed by atoms with van der Waals surface area (Å²) in [6, 6.07) is 12.8. The zero-order valence-electron chi connectivity index (χ0n) is 14.8. The van der Waals surface area contributed by atoms with Crippen molar-refractivity contribution < 1.29 is 24.2 Å². The predicted molar refractivity (Wildman–Crippen MR) is 99.6 cm³/mol. The molecule has 2 aromatic carbocycles. The van der Waals surface area contributed by atoms with Gasteiger partial charge in [0.25, 0.3) is 0 Å². The molecule has 0 spiro atoms. The molecular formula is C20H20N2O5. The van der Waals surface area contributed by atoms with Crippen molar-refractivity contribution in [3.05, 3.63) is 54.1 Å². The molecule has 3 rings (SSSR count). The van der Waals surface area contributed by atoms with Crippen LogP contribution in [0.1, 0.15) is 23.7 Å². The maximum absolute atomic E-state index is 12.4. The first-order chi connectivity index (χ1) is 13.0. The van der Waals surface area contributed by atoms with E-state index in [-0.39, 0.29) is 30.5 Å². The summed E-state index contributed by atoms with van der Waals surface area (Å²) >= 11 is 0. The molecule has 0 aromatic heterocycles. The first kappa shape index (κ1) is 18.4. The first-order valence-electron chi connectivity index (χ1n) is 8.65. The smallest absolute Gasteiger partial charge is 0.338 e. The molecule has 1 aliphatic heterocycles. The molecule has 2 N–H and O–H groups in total. The number of rotatable bonds is 5. The van der Waals surface area contributed by atoms with E-state index >= 15 is 0 Å². The van der Waals surface area contributed by atoms with Gasteiger partial charge in [-0.1, -0.05) is 6.07 Å². The number of hydrogen-bond acceptors (Lipinski definition) is 5. The second kappa shape index (κ2) is 7.90. The Labute approximate surface area is 156 Å². The summed E-state index contributed by atoms with van der Waals surface area (Å²) in [4.78, 5) is 38.0. The van der Waals surface area contributed by atoms with Crippen LogP contribution in [0.25, 0.3) is 0 Å². The molecule has 1 unspecified atom stereocenters. The summed E-state index contributed by atoms with van der Waals surface area (Å²) in [7, 11) is 0. The molecule has 1 fully saturated rings. The summed E-state index contributed by atoms with van der Waals surface area (Å²) in [6.45, 7) is 2.28. The summed E-state index contributed by atoms with van der Waals surface area (Å²) < 4.78 is 4.94. The molecule has 2 amide bonds. The summed E-state index contributed by atoms with van der Waals surface area (Å²) in [5.74, 6) is -1.29. The molecule has 1 aliphatic rings. The van der Waals surface area contributed by atoms with Crippen LogP contribution in [0.4, 0.5) is 11.4 Å². The largest absolute Gasteiger partial charge is 0.508 e. The molecule has 0 radical (unpaired) electrons. The highest BCUT2D eigenvalue weighted by atomic mass is 16.5. The molecular weight excluding hydrogens is 348 g/mol. The molecule has 140 valence electrons. The Bertz CT molecular complexity index is 863. The Morgan fingerprint density at radius 2 is 1.96 bits per heavy atom. The number of benzene rings is 2. The Morgan fingerprint density at radius 3 is 2.63 bits per heavy atom. The van der Waals surface area contributed by atoms with Crippen LogP contribution in [0, 0.1) is 5.92 Å². The third kappa shape index (κ3) is 4.25. The second-order valence-electron chi connectivity index (χ2n) is 6.21. The van der Waals surface area contributed by atoms with Crippen LogP contribution in [0.15, 0.2) is 48.5 Å². The Balaban J connectivity index is 1.66. The molecule has 0 saturated carbocycles. The monoisotopic (exact) mass is 368 g/mol. The third-order valence-corrected chi connectivity index (χ3v) is 4.30. The lowest BCUT2D eigenvalue weighted by atomic mass is 10.1. The van der Waals surface area contributed by atoms with Gasteiger partial charge >= 0.3 is 5.97 Å². The van der Waals surface area contributed by atoms with Crippen LogP contribution in [-0.4, -0.2) is 36.0 Å². The lowest BCUT2D eigenvalue weighted by Crippen LogP contribution is -2.28. The van der Waals surface area contributed by atoms with Crippen LogP contribution in [0.3, 0.4) is 0 Å². The van der Waals surface area contributed by atoms with E-state index in [9.17, 15) is 19.5 Å². The lowest BCUT2D eigenvalue weighted by Gasteiger charge is -2.17.